The van der Waals surface area contributed by atoms with E-state index in [-0.39, 0.29) is 17.3 Å². The second kappa shape index (κ2) is 5.02. The molecule has 1 fully saturated rings. The van der Waals surface area contributed by atoms with Crippen LogP contribution in [0.1, 0.15) is 35.6 Å². The molecule has 1 saturated carbocycles. The highest BCUT2D eigenvalue weighted by atomic mass is 19.1. The largest absolute Gasteiger partial charge is 0.312 e. The summed E-state index contributed by atoms with van der Waals surface area (Å²) in [6, 6.07) is 16.0. The maximum Gasteiger partial charge on any atom is 0.123 e. The van der Waals surface area contributed by atoms with E-state index in [2.05, 4.69) is 35.6 Å². The molecule has 0 amide bonds. The van der Waals surface area contributed by atoms with Crippen molar-refractivity contribution in [2.75, 3.05) is 7.05 Å². The number of aryl methyl sites for hydroxylation is 1. The Kier molecular flexibility index (Phi) is 3.35. The molecule has 0 radical (unpaired) electrons. The molecule has 0 aliphatic heterocycles. The van der Waals surface area contributed by atoms with E-state index in [0.29, 0.717) is 0 Å². The van der Waals surface area contributed by atoms with Gasteiger partial charge >= 0.3 is 0 Å². The van der Waals surface area contributed by atoms with Crippen LogP contribution in [-0.4, -0.2) is 7.05 Å². The van der Waals surface area contributed by atoms with Gasteiger partial charge in [-0.05, 0) is 55.6 Å². The maximum absolute atomic E-state index is 13.3. The zero-order valence-corrected chi connectivity index (χ0v) is 12.0. The highest BCUT2D eigenvalue weighted by Crippen LogP contribution is 2.56. The van der Waals surface area contributed by atoms with Gasteiger partial charge in [-0.3, -0.25) is 0 Å². The predicted molar refractivity (Wildman–Crippen MR) is 80.3 cm³/mol. The fourth-order valence-electron chi connectivity index (χ4n) is 3.34. The van der Waals surface area contributed by atoms with E-state index < -0.39 is 0 Å². The van der Waals surface area contributed by atoms with Crippen molar-refractivity contribution >= 4 is 0 Å². The van der Waals surface area contributed by atoms with Crippen molar-refractivity contribution in [1.29, 1.82) is 0 Å². The second-order valence-electron chi connectivity index (χ2n) is 5.74. The minimum atomic E-state index is -0.161. The summed E-state index contributed by atoms with van der Waals surface area (Å²) in [5.74, 6) is -0.161. The molecule has 0 bridgehead atoms. The van der Waals surface area contributed by atoms with Crippen LogP contribution in [0.2, 0.25) is 0 Å². The van der Waals surface area contributed by atoms with Crippen LogP contribution in [0.3, 0.4) is 0 Å². The van der Waals surface area contributed by atoms with Gasteiger partial charge in [0.1, 0.15) is 5.82 Å². The first-order chi connectivity index (χ1) is 9.67. The normalized spacial score (nSPS) is 17.8. The van der Waals surface area contributed by atoms with E-state index in [1.807, 2.05) is 20.0 Å². The van der Waals surface area contributed by atoms with Crippen molar-refractivity contribution in [3.63, 3.8) is 0 Å². The lowest BCUT2D eigenvalue weighted by Gasteiger charge is -2.29. The minimum Gasteiger partial charge on any atom is -0.312 e. The molecule has 0 heterocycles. The molecule has 0 aromatic heterocycles. The van der Waals surface area contributed by atoms with Crippen LogP contribution in [0.5, 0.6) is 0 Å². The standard InChI is InChI=1S/C18H20FN/c1-13-12-15(19)8-9-16(13)17(20-2)18(10-11-18)14-6-4-3-5-7-14/h3-9,12,17,20H,10-11H2,1-2H3. The van der Waals surface area contributed by atoms with Gasteiger partial charge in [0.25, 0.3) is 0 Å². The third kappa shape index (κ3) is 2.14. The van der Waals surface area contributed by atoms with Crippen LogP contribution in [0, 0.1) is 12.7 Å². The Labute approximate surface area is 119 Å². The van der Waals surface area contributed by atoms with E-state index >= 15 is 0 Å². The van der Waals surface area contributed by atoms with Crippen molar-refractivity contribution in [3.05, 3.63) is 71.0 Å². The summed E-state index contributed by atoms with van der Waals surface area (Å²) in [4.78, 5) is 0. The van der Waals surface area contributed by atoms with E-state index in [9.17, 15) is 4.39 Å². The number of nitrogens with one attached hydrogen (secondary N) is 1. The molecule has 1 N–H and O–H groups in total. The van der Waals surface area contributed by atoms with Crippen molar-refractivity contribution in [1.82, 2.24) is 5.32 Å². The Balaban J connectivity index is 2.02. The predicted octanol–water partition coefficient (Wildman–Crippen LogP) is 4.13. The summed E-state index contributed by atoms with van der Waals surface area (Å²) >= 11 is 0. The van der Waals surface area contributed by atoms with Crippen LogP contribution in [0.15, 0.2) is 48.5 Å². The van der Waals surface area contributed by atoms with Crippen LogP contribution >= 0.6 is 0 Å². The molecular weight excluding hydrogens is 249 g/mol. The molecule has 2 aromatic carbocycles. The topological polar surface area (TPSA) is 12.0 Å². The van der Waals surface area contributed by atoms with E-state index in [1.165, 1.54) is 24.0 Å². The van der Waals surface area contributed by atoms with Gasteiger partial charge < -0.3 is 5.32 Å². The van der Waals surface area contributed by atoms with Crippen molar-refractivity contribution in [2.24, 2.45) is 0 Å². The first kappa shape index (κ1) is 13.3. The molecule has 1 unspecified atom stereocenters. The van der Waals surface area contributed by atoms with Gasteiger partial charge in [0.2, 0.25) is 0 Å². The lowest BCUT2D eigenvalue weighted by molar-refractivity contribution is 0.460. The molecule has 0 saturated heterocycles. The van der Waals surface area contributed by atoms with Gasteiger partial charge in [-0.25, -0.2) is 4.39 Å². The lowest BCUT2D eigenvalue weighted by atomic mass is 9.82. The molecule has 104 valence electrons. The summed E-state index contributed by atoms with van der Waals surface area (Å²) < 4.78 is 13.3. The number of hydrogen-bond donors (Lipinski definition) is 1. The van der Waals surface area contributed by atoms with Crippen LogP contribution < -0.4 is 5.32 Å². The number of halogens is 1. The molecule has 1 nitrogen and oxygen atoms in total. The van der Waals surface area contributed by atoms with E-state index in [1.54, 1.807) is 12.1 Å². The average Bonchev–Trinajstić information content (AvgIpc) is 3.25. The summed E-state index contributed by atoms with van der Waals surface area (Å²) in [5.41, 5.74) is 3.77. The summed E-state index contributed by atoms with van der Waals surface area (Å²) in [6.45, 7) is 1.99. The Bertz CT molecular complexity index is 602. The van der Waals surface area contributed by atoms with Crippen molar-refractivity contribution in [2.45, 2.75) is 31.2 Å². The Morgan fingerprint density at radius 3 is 2.35 bits per heavy atom. The molecule has 1 atom stereocenters. The van der Waals surface area contributed by atoms with Gasteiger partial charge in [-0.15, -0.1) is 0 Å². The zero-order chi connectivity index (χ0) is 14.2. The number of hydrogen-bond acceptors (Lipinski definition) is 1. The van der Waals surface area contributed by atoms with Gasteiger partial charge in [0, 0.05) is 11.5 Å². The Hall–Kier alpha value is -1.67. The van der Waals surface area contributed by atoms with Crippen molar-refractivity contribution in [3.8, 4) is 0 Å². The first-order valence-corrected chi connectivity index (χ1v) is 7.16. The van der Waals surface area contributed by atoms with Crippen molar-refractivity contribution < 1.29 is 4.39 Å². The molecule has 2 aromatic rings. The molecule has 1 aliphatic rings. The Morgan fingerprint density at radius 1 is 1.10 bits per heavy atom. The second-order valence-corrected chi connectivity index (χ2v) is 5.74. The lowest BCUT2D eigenvalue weighted by Crippen LogP contribution is -2.30. The Morgan fingerprint density at radius 2 is 1.80 bits per heavy atom. The fourth-order valence-corrected chi connectivity index (χ4v) is 3.34. The number of benzene rings is 2. The monoisotopic (exact) mass is 269 g/mol. The highest BCUT2D eigenvalue weighted by Gasteiger charge is 2.50. The fraction of sp³-hybridized carbons (Fsp3) is 0.333. The minimum absolute atomic E-state index is 0.161. The molecule has 0 spiro atoms. The van der Waals surface area contributed by atoms with Gasteiger partial charge in [0.15, 0.2) is 0 Å². The zero-order valence-electron chi connectivity index (χ0n) is 12.0. The molecular formula is C18H20FN. The maximum atomic E-state index is 13.3. The highest BCUT2D eigenvalue weighted by molar-refractivity contribution is 5.41. The van der Waals surface area contributed by atoms with Crippen LogP contribution in [0.4, 0.5) is 4.39 Å². The quantitative estimate of drug-likeness (QED) is 0.880. The summed E-state index contributed by atoms with van der Waals surface area (Å²) in [6.07, 6.45) is 2.36. The van der Waals surface area contributed by atoms with Crippen LogP contribution in [-0.2, 0) is 5.41 Å². The van der Waals surface area contributed by atoms with Gasteiger partial charge in [-0.1, -0.05) is 36.4 Å². The summed E-state index contributed by atoms with van der Waals surface area (Å²) in [5, 5.41) is 3.46. The van der Waals surface area contributed by atoms with Gasteiger partial charge in [0.05, 0.1) is 0 Å². The molecule has 3 rings (SSSR count). The smallest absolute Gasteiger partial charge is 0.123 e. The third-order valence-electron chi connectivity index (χ3n) is 4.52. The van der Waals surface area contributed by atoms with Crippen LogP contribution in [0.25, 0.3) is 0 Å². The SMILES string of the molecule is CNC(c1ccc(F)cc1C)C1(c2ccccc2)CC1. The number of rotatable bonds is 4. The molecule has 20 heavy (non-hydrogen) atoms. The first-order valence-electron chi connectivity index (χ1n) is 7.16. The van der Waals surface area contributed by atoms with Gasteiger partial charge in [-0.2, -0.15) is 0 Å². The molecule has 2 heteroatoms. The van der Waals surface area contributed by atoms with E-state index in [4.69, 9.17) is 0 Å². The van der Waals surface area contributed by atoms with E-state index in [0.717, 1.165) is 5.56 Å². The number of likely N-dealkylation sites (N-methyl/N-ethyl adjacent to an activating group) is 1. The molecule has 1 aliphatic carbocycles. The average molecular weight is 269 g/mol. The summed E-state index contributed by atoms with van der Waals surface area (Å²) in [7, 11) is 2.00. The third-order valence-corrected chi connectivity index (χ3v) is 4.52.